The topological polar surface area (TPSA) is 62.2 Å². The minimum absolute atomic E-state index is 0.225. The van der Waals surface area contributed by atoms with Gasteiger partial charge in [0.2, 0.25) is 0 Å². The van der Waals surface area contributed by atoms with Crippen LogP contribution in [0.1, 0.15) is 43.2 Å². The molecule has 0 aliphatic rings. The Hall–Kier alpha value is -1.42. The van der Waals surface area contributed by atoms with Crippen LogP contribution in [0.5, 0.6) is 0 Å². The lowest BCUT2D eigenvalue weighted by atomic mass is 9.90. The summed E-state index contributed by atoms with van der Waals surface area (Å²) in [6.45, 7) is 8.18. The first-order valence-corrected chi connectivity index (χ1v) is 5.83. The average molecular weight is 236 g/mol. The van der Waals surface area contributed by atoms with Gasteiger partial charge in [0.25, 0.3) is 0 Å². The lowest BCUT2D eigenvalue weighted by molar-refractivity contribution is 0.0696. The van der Waals surface area contributed by atoms with Gasteiger partial charge in [0.05, 0.1) is 11.3 Å². The van der Waals surface area contributed by atoms with E-state index >= 15 is 0 Å². The maximum Gasteiger partial charge on any atom is 0.337 e. The van der Waals surface area contributed by atoms with Gasteiger partial charge in [0.1, 0.15) is 0 Å². The van der Waals surface area contributed by atoms with Crippen molar-refractivity contribution in [1.82, 2.24) is 10.3 Å². The van der Waals surface area contributed by atoms with Crippen molar-refractivity contribution in [2.75, 3.05) is 6.54 Å². The van der Waals surface area contributed by atoms with Gasteiger partial charge in [-0.1, -0.05) is 20.8 Å². The van der Waals surface area contributed by atoms with Crippen LogP contribution in [-0.2, 0) is 6.54 Å². The standard InChI is InChI=1S/C13H20N2O2/c1-4-13(2,3)9-14-8-11-6-5-10(7-15-11)12(16)17/h5-7,14H,4,8-9H2,1-3H3,(H,16,17). The van der Waals surface area contributed by atoms with Gasteiger partial charge in [-0.15, -0.1) is 0 Å². The highest BCUT2D eigenvalue weighted by Gasteiger charge is 2.13. The largest absolute Gasteiger partial charge is 0.478 e. The Labute approximate surface area is 102 Å². The van der Waals surface area contributed by atoms with Gasteiger partial charge in [-0.2, -0.15) is 0 Å². The molecule has 1 aromatic heterocycles. The van der Waals surface area contributed by atoms with E-state index in [-0.39, 0.29) is 11.0 Å². The number of nitrogens with one attached hydrogen (secondary N) is 1. The summed E-state index contributed by atoms with van der Waals surface area (Å²) >= 11 is 0. The minimum Gasteiger partial charge on any atom is -0.478 e. The van der Waals surface area contributed by atoms with E-state index in [1.54, 1.807) is 12.1 Å². The molecular weight excluding hydrogens is 216 g/mol. The molecule has 1 rings (SSSR count). The van der Waals surface area contributed by atoms with Crippen molar-refractivity contribution in [3.63, 3.8) is 0 Å². The summed E-state index contributed by atoms with van der Waals surface area (Å²) in [7, 11) is 0. The summed E-state index contributed by atoms with van der Waals surface area (Å²) in [6.07, 6.45) is 2.51. The van der Waals surface area contributed by atoms with Gasteiger partial charge in [-0.3, -0.25) is 4.98 Å². The molecule has 0 atom stereocenters. The number of carboxylic acids is 1. The molecule has 0 spiro atoms. The molecule has 0 unspecified atom stereocenters. The molecule has 0 aromatic carbocycles. The number of carbonyl (C=O) groups is 1. The fraction of sp³-hybridized carbons (Fsp3) is 0.538. The van der Waals surface area contributed by atoms with E-state index < -0.39 is 5.97 Å². The number of carboxylic acid groups (broad SMARTS) is 1. The van der Waals surface area contributed by atoms with Crippen molar-refractivity contribution in [2.24, 2.45) is 5.41 Å². The molecular formula is C13H20N2O2. The van der Waals surface area contributed by atoms with E-state index in [2.05, 4.69) is 31.1 Å². The molecule has 0 radical (unpaired) electrons. The predicted molar refractivity (Wildman–Crippen MR) is 67.0 cm³/mol. The van der Waals surface area contributed by atoms with Crippen molar-refractivity contribution in [3.8, 4) is 0 Å². The highest BCUT2D eigenvalue weighted by atomic mass is 16.4. The SMILES string of the molecule is CCC(C)(C)CNCc1ccc(C(=O)O)cn1. The maximum atomic E-state index is 10.6. The Kier molecular flexibility index (Phi) is 4.63. The summed E-state index contributed by atoms with van der Waals surface area (Å²) in [4.78, 5) is 14.7. The number of hydrogen-bond acceptors (Lipinski definition) is 3. The zero-order chi connectivity index (χ0) is 12.9. The van der Waals surface area contributed by atoms with Crippen molar-refractivity contribution in [3.05, 3.63) is 29.6 Å². The van der Waals surface area contributed by atoms with Crippen molar-refractivity contribution in [2.45, 2.75) is 33.7 Å². The van der Waals surface area contributed by atoms with Crippen molar-refractivity contribution in [1.29, 1.82) is 0 Å². The molecule has 0 saturated carbocycles. The van der Waals surface area contributed by atoms with E-state index in [1.807, 2.05) is 0 Å². The highest BCUT2D eigenvalue weighted by molar-refractivity contribution is 5.87. The van der Waals surface area contributed by atoms with E-state index in [1.165, 1.54) is 6.20 Å². The monoisotopic (exact) mass is 236 g/mol. The molecule has 0 bridgehead atoms. The van der Waals surface area contributed by atoms with E-state index in [0.29, 0.717) is 6.54 Å². The van der Waals surface area contributed by atoms with E-state index in [4.69, 9.17) is 5.11 Å². The zero-order valence-electron chi connectivity index (χ0n) is 10.7. The fourth-order valence-corrected chi connectivity index (χ4v) is 1.31. The number of nitrogens with zero attached hydrogens (tertiary/aromatic N) is 1. The van der Waals surface area contributed by atoms with Crippen LogP contribution in [0, 0.1) is 5.41 Å². The van der Waals surface area contributed by atoms with Gasteiger partial charge in [-0.25, -0.2) is 4.79 Å². The number of rotatable bonds is 6. The summed E-state index contributed by atoms with van der Waals surface area (Å²) in [5.41, 5.74) is 1.37. The molecule has 0 aliphatic carbocycles. The van der Waals surface area contributed by atoms with Gasteiger partial charge in [-0.05, 0) is 24.0 Å². The molecule has 0 fully saturated rings. The van der Waals surface area contributed by atoms with Gasteiger partial charge in [0, 0.05) is 19.3 Å². The normalized spacial score (nSPS) is 11.5. The third kappa shape index (κ3) is 4.53. The Morgan fingerprint density at radius 1 is 1.47 bits per heavy atom. The fourth-order valence-electron chi connectivity index (χ4n) is 1.31. The van der Waals surface area contributed by atoms with Gasteiger partial charge >= 0.3 is 5.97 Å². The Morgan fingerprint density at radius 2 is 2.18 bits per heavy atom. The lowest BCUT2D eigenvalue weighted by Crippen LogP contribution is -2.28. The zero-order valence-corrected chi connectivity index (χ0v) is 10.7. The smallest absolute Gasteiger partial charge is 0.337 e. The molecule has 94 valence electrons. The summed E-state index contributed by atoms with van der Waals surface area (Å²) in [6, 6.07) is 3.33. The average Bonchev–Trinajstić information content (AvgIpc) is 2.29. The molecule has 17 heavy (non-hydrogen) atoms. The third-order valence-electron chi connectivity index (χ3n) is 2.94. The molecule has 1 aromatic rings. The van der Waals surface area contributed by atoms with E-state index in [9.17, 15) is 4.79 Å². The van der Waals surface area contributed by atoms with Crippen LogP contribution in [0.4, 0.5) is 0 Å². The first-order valence-electron chi connectivity index (χ1n) is 5.83. The number of aromatic carboxylic acids is 1. The summed E-state index contributed by atoms with van der Waals surface area (Å²) in [5, 5.41) is 12.1. The summed E-state index contributed by atoms with van der Waals surface area (Å²) in [5.74, 6) is -0.941. The molecule has 4 heteroatoms. The van der Waals surface area contributed by atoms with Crippen molar-refractivity contribution < 1.29 is 9.90 Å². The van der Waals surface area contributed by atoms with Crippen LogP contribution in [-0.4, -0.2) is 22.6 Å². The first kappa shape index (κ1) is 13.6. The molecule has 4 nitrogen and oxygen atoms in total. The van der Waals surface area contributed by atoms with Gasteiger partial charge in [0.15, 0.2) is 0 Å². The van der Waals surface area contributed by atoms with Crippen LogP contribution in [0.25, 0.3) is 0 Å². The second-order valence-electron chi connectivity index (χ2n) is 4.96. The van der Waals surface area contributed by atoms with E-state index in [0.717, 1.165) is 18.7 Å². The highest BCUT2D eigenvalue weighted by Crippen LogP contribution is 2.17. The Bertz CT molecular complexity index is 372. The molecule has 0 amide bonds. The minimum atomic E-state index is -0.941. The maximum absolute atomic E-state index is 10.6. The second-order valence-corrected chi connectivity index (χ2v) is 4.96. The molecule has 0 aliphatic heterocycles. The van der Waals surface area contributed by atoms with Crippen LogP contribution < -0.4 is 5.32 Å². The van der Waals surface area contributed by atoms with Crippen molar-refractivity contribution >= 4 is 5.97 Å². The third-order valence-corrected chi connectivity index (χ3v) is 2.94. The van der Waals surface area contributed by atoms with Gasteiger partial charge < -0.3 is 10.4 Å². The first-order chi connectivity index (χ1) is 7.94. The summed E-state index contributed by atoms with van der Waals surface area (Å²) < 4.78 is 0. The van der Waals surface area contributed by atoms with Crippen LogP contribution >= 0.6 is 0 Å². The molecule has 1 heterocycles. The predicted octanol–water partition coefficient (Wildman–Crippen LogP) is 2.31. The quantitative estimate of drug-likeness (QED) is 0.795. The number of aromatic nitrogens is 1. The molecule has 2 N–H and O–H groups in total. The Morgan fingerprint density at radius 3 is 2.65 bits per heavy atom. The van der Waals surface area contributed by atoms with Crippen LogP contribution in [0.15, 0.2) is 18.3 Å². The Balaban J connectivity index is 2.45. The van der Waals surface area contributed by atoms with Crippen LogP contribution in [0.3, 0.4) is 0 Å². The van der Waals surface area contributed by atoms with Crippen LogP contribution in [0.2, 0.25) is 0 Å². The number of hydrogen-bond donors (Lipinski definition) is 2. The second kappa shape index (κ2) is 5.77. The lowest BCUT2D eigenvalue weighted by Gasteiger charge is -2.22. The number of pyridine rings is 1. The molecule has 0 saturated heterocycles.